The molecule has 0 aromatic heterocycles. The molecule has 0 unspecified atom stereocenters. The van der Waals surface area contributed by atoms with E-state index in [0.29, 0.717) is 6.29 Å². The van der Waals surface area contributed by atoms with Crippen LogP contribution in [0.25, 0.3) is 0 Å². The highest BCUT2D eigenvalue weighted by molar-refractivity contribution is 5.77. The minimum atomic E-state index is -0.751. The number of hydrogen-bond acceptors (Lipinski definition) is 3. The zero-order valence-corrected chi connectivity index (χ0v) is 6.27. The molecule has 0 aliphatic carbocycles. The minimum Gasteiger partial charge on any atom is -0.450 e. The summed E-state index contributed by atoms with van der Waals surface area (Å²) in [6.07, 6.45) is 8.16. The lowest BCUT2D eigenvalue weighted by molar-refractivity contribution is -0.134. The first-order chi connectivity index (χ1) is 5.81. The molecule has 0 bridgehead atoms. The van der Waals surface area contributed by atoms with Gasteiger partial charge in [0.2, 0.25) is 0 Å². The standard InChI is InChI=1S/C9H7O3/c1-2-9(11)12-8-6-4-3-5-7-10/h1,3-8H/b2-1?,5-3+,6-4+. The molecule has 61 valence electrons. The first-order valence-electron chi connectivity index (χ1n) is 3.08. The maximum Gasteiger partial charge on any atom is 0.339 e. The van der Waals surface area contributed by atoms with Crippen LogP contribution in [-0.4, -0.2) is 12.3 Å². The molecule has 0 aliphatic heterocycles. The van der Waals surface area contributed by atoms with Gasteiger partial charge in [0.05, 0.1) is 6.08 Å². The lowest BCUT2D eigenvalue weighted by Crippen LogP contribution is -1.95. The van der Waals surface area contributed by atoms with E-state index in [0.717, 1.165) is 6.61 Å². The van der Waals surface area contributed by atoms with Crippen LogP contribution in [0.3, 0.4) is 0 Å². The third-order valence-electron chi connectivity index (χ3n) is 0.783. The second-order valence-electron chi connectivity index (χ2n) is 1.59. The van der Waals surface area contributed by atoms with Crippen LogP contribution in [0.2, 0.25) is 0 Å². The molecule has 0 atom stereocenters. The van der Waals surface area contributed by atoms with Crippen LogP contribution in [0.1, 0.15) is 0 Å². The summed E-state index contributed by atoms with van der Waals surface area (Å²) in [5.41, 5.74) is 0. The molecular weight excluding hydrogens is 156 g/mol. The Balaban J connectivity index is 3.48. The Kier molecular flexibility index (Phi) is 6.45. The lowest BCUT2D eigenvalue weighted by atomic mass is 10.4. The van der Waals surface area contributed by atoms with Gasteiger partial charge in [0.15, 0.2) is 6.61 Å². The fraction of sp³-hybridized carbons (Fsp3) is 0. The van der Waals surface area contributed by atoms with Crippen molar-refractivity contribution in [3.05, 3.63) is 43.6 Å². The van der Waals surface area contributed by atoms with Crippen molar-refractivity contribution in [3.63, 3.8) is 0 Å². The third kappa shape index (κ3) is 6.48. The number of hydrogen-bond donors (Lipinski definition) is 0. The van der Waals surface area contributed by atoms with Gasteiger partial charge in [-0.05, 0) is 18.7 Å². The van der Waals surface area contributed by atoms with E-state index in [-0.39, 0.29) is 0 Å². The summed E-state index contributed by atoms with van der Waals surface area (Å²) < 4.78 is 4.36. The number of rotatable bonds is 5. The summed E-state index contributed by atoms with van der Waals surface area (Å²) >= 11 is 0. The summed E-state index contributed by atoms with van der Waals surface area (Å²) in [5, 5.41) is 0. The Bertz CT molecular complexity index is 214. The van der Waals surface area contributed by atoms with Crippen LogP contribution in [0.15, 0.2) is 24.3 Å². The zero-order chi connectivity index (χ0) is 9.23. The van der Waals surface area contributed by atoms with Gasteiger partial charge in [-0.2, -0.15) is 0 Å². The van der Waals surface area contributed by atoms with E-state index in [4.69, 9.17) is 6.58 Å². The number of carbonyl (C=O) groups excluding carboxylic acids is 2. The molecule has 0 heterocycles. The molecule has 0 spiro atoms. The highest BCUT2D eigenvalue weighted by Crippen LogP contribution is 1.86. The van der Waals surface area contributed by atoms with Gasteiger partial charge in [-0.25, -0.2) is 4.79 Å². The summed E-state index contributed by atoms with van der Waals surface area (Å²) in [6, 6.07) is 0. The van der Waals surface area contributed by atoms with Crippen molar-refractivity contribution in [3.8, 4) is 0 Å². The van der Waals surface area contributed by atoms with Gasteiger partial charge in [-0.3, -0.25) is 4.79 Å². The predicted molar refractivity (Wildman–Crippen MR) is 42.3 cm³/mol. The fourth-order valence-electron chi connectivity index (χ4n) is 0.354. The maximum atomic E-state index is 10.3. The van der Waals surface area contributed by atoms with E-state index in [9.17, 15) is 9.59 Å². The smallest absolute Gasteiger partial charge is 0.339 e. The molecule has 0 N–H and O–H groups in total. The van der Waals surface area contributed by atoms with Gasteiger partial charge < -0.3 is 4.74 Å². The first-order valence-corrected chi connectivity index (χ1v) is 3.08. The number of carbonyl (C=O) groups is 2. The molecule has 3 radical (unpaired) electrons. The van der Waals surface area contributed by atoms with E-state index in [1.807, 2.05) is 0 Å². The van der Waals surface area contributed by atoms with Crippen LogP contribution < -0.4 is 0 Å². The van der Waals surface area contributed by atoms with Crippen LogP contribution >= 0.6 is 0 Å². The van der Waals surface area contributed by atoms with Gasteiger partial charge in [0.25, 0.3) is 0 Å². The minimum absolute atomic E-state index is 0.637. The van der Waals surface area contributed by atoms with Crippen molar-refractivity contribution in [2.45, 2.75) is 0 Å². The van der Waals surface area contributed by atoms with Crippen molar-refractivity contribution in [2.24, 2.45) is 0 Å². The first kappa shape index (κ1) is 10.4. The van der Waals surface area contributed by atoms with Crippen molar-refractivity contribution < 1.29 is 14.3 Å². The molecule has 0 saturated carbocycles. The predicted octanol–water partition coefficient (Wildman–Crippen LogP) is 0.795. The molecule has 0 aromatic rings. The van der Waals surface area contributed by atoms with Crippen molar-refractivity contribution in [1.82, 2.24) is 0 Å². The molecule has 0 aliphatic rings. The quantitative estimate of drug-likeness (QED) is 0.260. The van der Waals surface area contributed by atoms with Crippen LogP contribution in [0, 0.1) is 19.3 Å². The van der Waals surface area contributed by atoms with Gasteiger partial charge in [0.1, 0.15) is 6.29 Å². The highest BCUT2D eigenvalue weighted by atomic mass is 16.5. The Morgan fingerprint density at radius 3 is 2.50 bits per heavy atom. The van der Waals surface area contributed by atoms with Gasteiger partial charge >= 0.3 is 5.97 Å². The molecule has 0 saturated heterocycles. The molecule has 0 amide bonds. The second kappa shape index (κ2) is 7.47. The second-order valence-corrected chi connectivity index (χ2v) is 1.59. The molecule has 12 heavy (non-hydrogen) atoms. The molecule has 0 fully saturated rings. The van der Waals surface area contributed by atoms with Crippen LogP contribution in [0.5, 0.6) is 0 Å². The van der Waals surface area contributed by atoms with E-state index in [2.05, 4.69) is 4.74 Å². The summed E-state index contributed by atoms with van der Waals surface area (Å²) in [4.78, 5) is 20.1. The Morgan fingerprint density at radius 2 is 1.92 bits per heavy atom. The Labute approximate surface area is 71.0 Å². The summed E-state index contributed by atoms with van der Waals surface area (Å²) in [7, 11) is 0. The molecule has 3 nitrogen and oxygen atoms in total. The largest absolute Gasteiger partial charge is 0.450 e. The molecule has 3 heteroatoms. The fourth-order valence-corrected chi connectivity index (χ4v) is 0.354. The monoisotopic (exact) mass is 163 g/mol. The molecule has 0 rings (SSSR count). The van der Waals surface area contributed by atoms with Crippen molar-refractivity contribution in [2.75, 3.05) is 0 Å². The van der Waals surface area contributed by atoms with Gasteiger partial charge in [-0.1, -0.05) is 12.2 Å². The van der Waals surface area contributed by atoms with Crippen molar-refractivity contribution >= 4 is 12.3 Å². The highest BCUT2D eigenvalue weighted by Gasteiger charge is 1.91. The molecular formula is C9H7O3. The SMILES string of the molecule is [CH]=[C]C(=O)O[CH]/C=C/C=C/C=O. The van der Waals surface area contributed by atoms with Crippen molar-refractivity contribution in [1.29, 1.82) is 0 Å². The van der Waals surface area contributed by atoms with E-state index in [1.54, 1.807) is 6.08 Å². The normalized spacial score (nSPS) is 10.3. The van der Waals surface area contributed by atoms with Crippen LogP contribution in [0.4, 0.5) is 0 Å². The van der Waals surface area contributed by atoms with Gasteiger partial charge in [-0.15, -0.1) is 0 Å². The maximum absolute atomic E-state index is 10.3. The topological polar surface area (TPSA) is 43.4 Å². The van der Waals surface area contributed by atoms with E-state index in [1.165, 1.54) is 24.3 Å². The van der Waals surface area contributed by atoms with Crippen LogP contribution in [-0.2, 0) is 14.3 Å². The van der Waals surface area contributed by atoms with E-state index < -0.39 is 5.97 Å². The number of ether oxygens (including phenoxy) is 1. The lowest BCUT2D eigenvalue weighted by Gasteiger charge is -1.91. The average Bonchev–Trinajstić information content (AvgIpc) is 2.10. The third-order valence-corrected chi connectivity index (χ3v) is 0.783. The number of esters is 1. The Morgan fingerprint density at radius 1 is 1.25 bits per heavy atom. The number of allylic oxidation sites excluding steroid dienone is 3. The summed E-state index contributed by atoms with van der Waals surface area (Å²) in [6.45, 7) is 5.84. The Hall–Kier alpha value is -1.64. The zero-order valence-electron chi connectivity index (χ0n) is 6.27. The average molecular weight is 163 g/mol. The number of aldehydes is 1. The molecule has 0 aromatic carbocycles. The van der Waals surface area contributed by atoms with Gasteiger partial charge in [0, 0.05) is 0 Å². The summed E-state index contributed by atoms with van der Waals surface area (Å²) in [5.74, 6) is -0.751. The van der Waals surface area contributed by atoms with E-state index >= 15 is 0 Å².